The maximum atomic E-state index is 10.3. The van der Waals surface area contributed by atoms with E-state index in [0.717, 1.165) is 43.3 Å². The summed E-state index contributed by atoms with van der Waals surface area (Å²) in [7, 11) is 0. The lowest BCUT2D eigenvalue weighted by molar-refractivity contribution is -0.364. The molecule has 1 aliphatic heterocycles. The Morgan fingerprint density at radius 3 is 2.54 bits per heavy atom. The van der Waals surface area contributed by atoms with Crippen LogP contribution in [0.15, 0.2) is 48.7 Å². The second-order valence-corrected chi connectivity index (χ2v) is 6.27. The zero-order valence-corrected chi connectivity index (χ0v) is 14.2. The Morgan fingerprint density at radius 2 is 1.83 bits per heavy atom. The van der Waals surface area contributed by atoms with Gasteiger partial charge in [-0.2, -0.15) is 0 Å². The zero-order valence-electron chi connectivity index (χ0n) is 14.2. The van der Waals surface area contributed by atoms with E-state index >= 15 is 0 Å². The number of aromatic nitrogens is 1. The third-order valence-corrected chi connectivity index (χ3v) is 4.40. The zero-order chi connectivity index (χ0) is 16.8. The molecule has 0 aliphatic carbocycles. The number of aliphatic hydroxyl groups excluding tert-OH is 1. The lowest BCUT2D eigenvalue weighted by Crippen LogP contribution is -2.50. The van der Waals surface area contributed by atoms with Crippen LogP contribution in [0, 0.1) is 6.92 Å². The van der Waals surface area contributed by atoms with Gasteiger partial charge in [-0.3, -0.25) is 9.80 Å². The van der Waals surface area contributed by atoms with Gasteiger partial charge >= 0.3 is 0 Å². The third-order valence-electron chi connectivity index (χ3n) is 4.40. The Balaban J connectivity index is 1.42. The number of H-pyrrole nitrogens is 1. The highest BCUT2D eigenvalue weighted by Gasteiger charge is 2.24. The first-order chi connectivity index (χ1) is 11.7. The number of β-amino-alcohol motifs (C(OH)–C–C–N with tert-alkyl or cyclic N) is 1. The van der Waals surface area contributed by atoms with Gasteiger partial charge in [-0.05, 0) is 24.6 Å². The molecule has 0 amide bonds. The number of rotatable bonds is 6. The lowest BCUT2D eigenvalue weighted by Gasteiger charge is -2.32. The highest BCUT2D eigenvalue weighted by Crippen LogP contribution is 2.16. The highest BCUT2D eigenvalue weighted by molar-refractivity contribution is 5.33. The summed E-state index contributed by atoms with van der Waals surface area (Å²) in [5.41, 5.74) is 1.09. The highest BCUT2D eigenvalue weighted by atomic mass is 16.5. The fourth-order valence-electron chi connectivity index (χ4n) is 3.01. The molecule has 0 bridgehead atoms. The van der Waals surface area contributed by atoms with Crippen molar-refractivity contribution in [1.29, 1.82) is 0 Å². The van der Waals surface area contributed by atoms with Gasteiger partial charge in [-0.15, -0.1) is 0 Å². The standard InChI is InChI=1S/C19H25N3O2/c1-16-6-2-3-7-18(16)24-15-17(23)14-21-10-12-22(13-11-21)19-8-4-5-9-20-19/h2-9,17,23H,10-15H2,1H3/p+1/t17-/m0/s1. The molecule has 2 heterocycles. The summed E-state index contributed by atoms with van der Waals surface area (Å²) in [5, 5.41) is 10.3. The summed E-state index contributed by atoms with van der Waals surface area (Å²) in [4.78, 5) is 7.91. The number of aryl methyl sites for hydroxylation is 1. The van der Waals surface area contributed by atoms with Crippen LogP contribution in [0.25, 0.3) is 0 Å². The van der Waals surface area contributed by atoms with Crippen LogP contribution in [0.4, 0.5) is 5.82 Å². The molecule has 5 heteroatoms. The average molecular weight is 328 g/mol. The van der Waals surface area contributed by atoms with Crippen molar-refractivity contribution < 1.29 is 14.8 Å². The minimum atomic E-state index is -0.473. The molecule has 5 nitrogen and oxygen atoms in total. The van der Waals surface area contributed by atoms with E-state index in [0.29, 0.717) is 13.2 Å². The van der Waals surface area contributed by atoms with Crippen LogP contribution in [0.2, 0.25) is 0 Å². The van der Waals surface area contributed by atoms with E-state index < -0.39 is 6.10 Å². The van der Waals surface area contributed by atoms with Crippen LogP contribution in [0.5, 0.6) is 5.75 Å². The van der Waals surface area contributed by atoms with Gasteiger partial charge in [-0.25, -0.2) is 4.98 Å². The summed E-state index contributed by atoms with van der Waals surface area (Å²) in [6, 6.07) is 14.0. The van der Waals surface area contributed by atoms with E-state index in [4.69, 9.17) is 4.74 Å². The molecule has 1 saturated heterocycles. The van der Waals surface area contributed by atoms with Crippen molar-refractivity contribution in [1.82, 2.24) is 4.90 Å². The molecule has 1 fully saturated rings. The molecule has 1 atom stereocenters. The largest absolute Gasteiger partial charge is 0.491 e. The van der Waals surface area contributed by atoms with Gasteiger partial charge in [0.1, 0.15) is 18.5 Å². The van der Waals surface area contributed by atoms with E-state index in [2.05, 4.69) is 20.9 Å². The first-order valence-electron chi connectivity index (χ1n) is 8.53. The van der Waals surface area contributed by atoms with Gasteiger partial charge in [0.05, 0.1) is 19.3 Å². The number of aliphatic hydroxyl groups is 1. The quantitative estimate of drug-likeness (QED) is 0.870. The molecule has 0 spiro atoms. The number of ether oxygens (including phenoxy) is 1. The molecule has 128 valence electrons. The number of hydrogen-bond acceptors (Lipinski definition) is 4. The van der Waals surface area contributed by atoms with Crippen molar-refractivity contribution in [3.63, 3.8) is 0 Å². The van der Waals surface area contributed by atoms with E-state index in [-0.39, 0.29) is 0 Å². The minimum Gasteiger partial charge on any atom is -0.491 e. The molecule has 0 radical (unpaired) electrons. The van der Waals surface area contributed by atoms with Gasteiger partial charge in [0.2, 0.25) is 0 Å². The van der Waals surface area contributed by atoms with Gasteiger partial charge in [-0.1, -0.05) is 24.3 Å². The first-order valence-corrected chi connectivity index (χ1v) is 8.53. The van der Waals surface area contributed by atoms with Crippen molar-refractivity contribution in [3.05, 3.63) is 54.2 Å². The topological polar surface area (TPSA) is 50.1 Å². The summed E-state index contributed by atoms with van der Waals surface area (Å²) >= 11 is 0. The fourth-order valence-corrected chi connectivity index (χ4v) is 3.01. The Morgan fingerprint density at radius 1 is 1.08 bits per heavy atom. The SMILES string of the molecule is Cc1ccccc1OC[C@@H](O)CN1CCN(c2cccc[nH+]2)CC1. The predicted octanol–water partition coefficient (Wildman–Crippen LogP) is 1.37. The van der Waals surface area contributed by atoms with E-state index in [1.807, 2.05) is 49.5 Å². The first kappa shape index (κ1) is 16.7. The smallest absolute Gasteiger partial charge is 0.274 e. The number of nitrogens with one attached hydrogen (secondary N) is 1. The average Bonchev–Trinajstić information content (AvgIpc) is 2.62. The third kappa shape index (κ3) is 4.46. The van der Waals surface area contributed by atoms with Crippen LogP contribution in [-0.4, -0.2) is 55.4 Å². The number of piperazine rings is 1. The maximum Gasteiger partial charge on any atom is 0.274 e. The number of nitrogens with zero attached hydrogens (tertiary/aromatic N) is 2. The molecule has 1 aromatic carbocycles. The van der Waals surface area contributed by atoms with Crippen molar-refractivity contribution in [2.75, 3.05) is 44.2 Å². The van der Waals surface area contributed by atoms with Crippen LogP contribution < -0.4 is 14.6 Å². The summed E-state index contributed by atoms with van der Waals surface area (Å²) in [6.45, 7) is 6.82. The Hall–Kier alpha value is -2.11. The Bertz CT molecular complexity index is 628. The maximum absolute atomic E-state index is 10.3. The monoisotopic (exact) mass is 328 g/mol. The number of benzene rings is 1. The molecule has 3 rings (SSSR count). The molecule has 2 N–H and O–H groups in total. The molecule has 2 aromatic rings. The van der Waals surface area contributed by atoms with E-state index in [1.165, 1.54) is 0 Å². The van der Waals surface area contributed by atoms with Gasteiger partial charge in [0, 0.05) is 25.7 Å². The van der Waals surface area contributed by atoms with Gasteiger partial charge in [0.25, 0.3) is 5.82 Å². The second kappa shape index (κ2) is 8.13. The molecule has 0 saturated carbocycles. The normalized spacial score (nSPS) is 16.8. The Labute approximate surface area is 143 Å². The molecule has 24 heavy (non-hydrogen) atoms. The fraction of sp³-hybridized carbons (Fsp3) is 0.421. The minimum absolute atomic E-state index is 0.331. The lowest BCUT2D eigenvalue weighted by atomic mass is 10.2. The van der Waals surface area contributed by atoms with Crippen LogP contribution in [0.3, 0.4) is 0 Å². The molecule has 0 unspecified atom stereocenters. The number of para-hydroxylation sites is 1. The van der Waals surface area contributed by atoms with Crippen molar-refractivity contribution in [2.24, 2.45) is 0 Å². The summed E-state index contributed by atoms with van der Waals surface area (Å²) < 4.78 is 5.74. The van der Waals surface area contributed by atoms with Crippen LogP contribution >= 0.6 is 0 Å². The molecule has 1 aliphatic rings. The van der Waals surface area contributed by atoms with E-state index in [9.17, 15) is 5.11 Å². The predicted molar refractivity (Wildman–Crippen MR) is 94.3 cm³/mol. The Kier molecular flexibility index (Phi) is 5.67. The number of aromatic amines is 1. The van der Waals surface area contributed by atoms with Gasteiger partial charge < -0.3 is 9.84 Å². The van der Waals surface area contributed by atoms with Gasteiger partial charge in [0.15, 0.2) is 0 Å². The van der Waals surface area contributed by atoms with Crippen LogP contribution in [-0.2, 0) is 0 Å². The van der Waals surface area contributed by atoms with Crippen molar-refractivity contribution >= 4 is 5.82 Å². The van der Waals surface area contributed by atoms with Crippen molar-refractivity contribution in [2.45, 2.75) is 13.0 Å². The van der Waals surface area contributed by atoms with Crippen LogP contribution in [0.1, 0.15) is 5.56 Å². The molecular formula is C19H26N3O2+. The number of anilines is 1. The number of hydrogen-bond donors (Lipinski definition) is 1. The molecule has 1 aromatic heterocycles. The number of pyridine rings is 1. The second-order valence-electron chi connectivity index (χ2n) is 6.27. The molecular weight excluding hydrogens is 302 g/mol. The summed E-state index contributed by atoms with van der Waals surface area (Å²) in [5.74, 6) is 2.00. The van der Waals surface area contributed by atoms with E-state index in [1.54, 1.807) is 0 Å². The van der Waals surface area contributed by atoms with Crippen molar-refractivity contribution in [3.8, 4) is 5.75 Å². The summed E-state index contributed by atoms with van der Waals surface area (Å²) in [6.07, 6.45) is 1.48.